The van der Waals surface area contributed by atoms with E-state index in [1.54, 1.807) is 0 Å². The van der Waals surface area contributed by atoms with Gasteiger partial charge in [-0.2, -0.15) is 6.08 Å². The van der Waals surface area contributed by atoms with Crippen molar-refractivity contribution in [2.24, 2.45) is 0 Å². The zero-order valence-electron chi connectivity index (χ0n) is 11.0. The van der Waals surface area contributed by atoms with Crippen molar-refractivity contribution < 1.29 is 18.9 Å². The maximum atomic E-state index is 3.50. The first-order chi connectivity index (χ1) is 7.18. The van der Waals surface area contributed by atoms with Gasteiger partial charge in [0.15, 0.2) is 0 Å². The van der Waals surface area contributed by atoms with Crippen molar-refractivity contribution in [2.45, 2.75) is 63.2 Å². The molecule has 1 saturated carbocycles. The fourth-order valence-electron chi connectivity index (χ4n) is 2.67. The predicted octanol–water partition coefficient (Wildman–Crippen LogP) is 1.47. The van der Waals surface area contributed by atoms with Crippen LogP contribution in [0.1, 0.15) is 52.4 Å². The molecule has 1 atom stereocenters. The molecule has 0 nitrogen and oxygen atoms in total. The van der Waals surface area contributed by atoms with Crippen molar-refractivity contribution in [1.29, 1.82) is 0 Å². The Kier molecular flexibility index (Phi) is 5.87. The van der Waals surface area contributed by atoms with Crippen LogP contribution in [0, 0.1) is 6.08 Å². The molecule has 0 spiro atoms. The predicted molar refractivity (Wildman–Crippen MR) is 69.8 cm³/mol. The van der Waals surface area contributed by atoms with E-state index in [2.05, 4.69) is 32.1 Å². The summed E-state index contributed by atoms with van der Waals surface area (Å²) in [5.74, 6) is 0. The average Bonchev–Trinajstić information content (AvgIpc) is 2.71. The summed E-state index contributed by atoms with van der Waals surface area (Å²) in [6.07, 6.45) is 16.4. The standard InChI is InChI=1S/C14H22P.Li/c1-14(2,12-8-6-7-9-12)15-13-10-4-3-5-11-13;/h6,8,13,15H,3-5,7,10-11H2,1-2H3;/q-1;+1. The van der Waals surface area contributed by atoms with Crippen LogP contribution in [0.5, 0.6) is 0 Å². The van der Waals surface area contributed by atoms with Crippen LogP contribution in [-0.4, -0.2) is 10.8 Å². The Bertz CT molecular complexity index is 272. The summed E-state index contributed by atoms with van der Waals surface area (Å²) in [6, 6.07) is 0. The van der Waals surface area contributed by atoms with Gasteiger partial charge in [-0.05, 0) is 23.7 Å². The number of hydrogen-bond acceptors (Lipinski definition) is 0. The maximum absolute atomic E-state index is 3.50. The average molecular weight is 228 g/mol. The topological polar surface area (TPSA) is 0 Å². The van der Waals surface area contributed by atoms with Crippen molar-refractivity contribution in [3.63, 3.8) is 0 Å². The monoisotopic (exact) mass is 228 g/mol. The molecule has 0 aliphatic heterocycles. The van der Waals surface area contributed by atoms with E-state index in [1.165, 1.54) is 37.7 Å². The molecule has 0 bridgehead atoms. The summed E-state index contributed by atoms with van der Waals surface area (Å²) in [6.45, 7) is 4.80. The Morgan fingerprint density at radius 2 is 1.94 bits per heavy atom. The van der Waals surface area contributed by atoms with E-state index in [-0.39, 0.29) is 18.9 Å². The van der Waals surface area contributed by atoms with Gasteiger partial charge in [0.2, 0.25) is 0 Å². The molecule has 0 N–H and O–H groups in total. The normalized spacial score (nSPS) is 22.5. The molecule has 1 fully saturated rings. The molecule has 2 rings (SSSR count). The first-order valence-electron chi connectivity index (χ1n) is 6.24. The molecule has 1 unspecified atom stereocenters. The molecule has 0 aromatic carbocycles. The van der Waals surface area contributed by atoms with Crippen LogP contribution in [0.2, 0.25) is 0 Å². The third-order valence-corrected chi connectivity index (χ3v) is 5.51. The van der Waals surface area contributed by atoms with Crippen LogP contribution in [0.15, 0.2) is 17.7 Å². The van der Waals surface area contributed by atoms with Gasteiger partial charge in [0.05, 0.1) is 0 Å². The second-order valence-electron chi connectivity index (χ2n) is 5.30. The van der Waals surface area contributed by atoms with E-state index >= 15 is 0 Å². The molecular formula is C14H22LiP. The van der Waals surface area contributed by atoms with Gasteiger partial charge in [0.1, 0.15) is 0 Å². The van der Waals surface area contributed by atoms with E-state index in [0.29, 0.717) is 5.16 Å². The third-order valence-electron chi connectivity index (χ3n) is 3.54. The number of allylic oxidation sites excluding steroid dienone is 4. The summed E-state index contributed by atoms with van der Waals surface area (Å²) >= 11 is 0. The summed E-state index contributed by atoms with van der Waals surface area (Å²) < 4.78 is 0. The molecular weight excluding hydrogens is 206 g/mol. The zero-order chi connectivity index (χ0) is 10.7. The molecule has 0 radical (unpaired) electrons. The van der Waals surface area contributed by atoms with Gasteiger partial charge >= 0.3 is 18.9 Å². The molecule has 84 valence electrons. The molecule has 2 aliphatic carbocycles. The Balaban J connectivity index is 0.00000128. The number of hydrogen-bond donors (Lipinski definition) is 0. The molecule has 0 amide bonds. The third kappa shape index (κ3) is 3.77. The second-order valence-corrected chi connectivity index (χ2v) is 7.66. The molecule has 16 heavy (non-hydrogen) atoms. The van der Waals surface area contributed by atoms with E-state index in [0.717, 1.165) is 20.7 Å². The molecule has 0 aromatic heterocycles. The van der Waals surface area contributed by atoms with Gasteiger partial charge < -0.3 is 0 Å². The quantitative estimate of drug-likeness (QED) is 0.390. The SMILES string of the molecule is CC(C)(PC1CCCCC1)C1=[C-]CC=C1.[Li+]. The summed E-state index contributed by atoms with van der Waals surface area (Å²) in [4.78, 5) is 0. The van der Waals surface area contributed by atoms with E-state index < -0.39 is 0 Å². The molecule has 0 aromatic rings. The largest absolute Gasteiger partial charge is 1.00 e. The Hall–Kier alpha value is 0.507. The van der Waals surface area contributed by atoms with Crippen molar-refractivity contribution in [2.75, 3.05) is 0 Å². The van der Waals surface area contributed by atoms with Crippen molar-refractivity contribution in [3.05, 3.63) is 23.8 Å². The van der Waals surface area contributed by atoms with Crippen LogP contribution >= 0.6 is 8.58 Å². The van der Waals surface area contributed by atoms with Crippen LogP contribution in [0.25, 0.3) is 0 Å². The Morgan fingerprint density at radius 1 is 1.25 bits per heavy atom. The van der Waals surface area contributed by atoms with Crippen molar-refractivity contribution in [1.82, 2.24) is 0 Å². The molecule has 2 heteroatoms. The van der Waals surface area contributed by atoms with Crippen LogP contribution in [0.3, 0.4) is 0 Å². The minimum atomic E-state index is 0. The minimum absolute atomic E-state index is 0. The summed E-state index contributed by atoms with van der Waals surface area (Å²) in [7, 11) is 1.09. The van der Waals surface area contributed by atoms with Crippen molar-refractivity contribution >= 4 is 8.58 Å². The Labute approximate surface area is 114 Å². The van der Waals surface area contributed by atoms with Crippen LogP contribution in [0.4, 0.5) is 0 Å². The Morgan fingerprint density at radius 3 is 2.50 bits per heavy atom. The van der Waals surface area contributed by atoms with Crippen molar-refractivity contribution in [3.8, 4) is 0 Å². The first-order valence-corrected chi connectivity index (χ1v) is 7.32. The van der Waals surface area contributed by atoms with Gasteiger partial charge in [-0.25, -0.2) is 11.6 Å². The maximum Gasteiger partial charge on any atom is 1.00 e. The zero-order valence-corrected chi connectivity index (χ0v) is 12.0. The van der Waals surface area contributed by atoms with Gasteiger partial charge in [0.25, 0.3) is 0 Å². The van der Waals surface area contributed by atoms with Crippen LogP contribution < -0.4 is 18.9 Å². The van der Waals surface area contributed by atoms with Gasteiger partial charge in [-0.15, -0.1) is 15.0 Å². The van der Waals surface area contributed by atoms with Crippen LogP contribution in [-0.2, 0) is 0 Å². The van der Waals surface area contributed by atoms with Gasteiger partial charge in [-0.1, -0.05) is 33.1 Å². The summed E-state index contributed by atoms with van der Waals surface area (Å²) in [5.41, 5.74) is 2.46. The smallest absolute Gasteiger partial charge is 0.269 e. The minimum Gasteiger partial charge on any atom is -0.269 e. The van der Waals surface area contributed by atoms with E-state index in [1.807, 2.05) is 0 Å². The van der Waals surface area contributed by atoms with Gasteiger partial charge in [0, 0.05) is 0 Å². The fourth-order valence-corrected chi connectivity index (χ4v) is 4.71. The second kappa shape index (κ2) is 6.44. The molecule has 0 saturated heterocycles. The first kappa shape index (κ1) is 14.6. The van der Waals surface area contributed by atoms with E-state index in [4.69, 9.17) is 0 Å². The number of rotatable bonds is 3. The summed E-state index contributed by atoms with van der Waals surface area (Å²) in [5, 5.41) is 0.384. The van der Waals surface area contributed by atoms with E-state index in [9.17, 15) is 0 Å². The molecule has 2 aliphatic rings. The fraction of sp³-hybridized carbons (Fsp3) is 0.714. The molecule has 0 heterocycles. The van der Waals surface area contributed by atoms with Gasteiger partial charge in [-0.3, -0.25) is 6.08 Å².